The maximum Gasteiger partial charge on any atom is 0.191 e. The first-order valence-electron chi connectivity index (χ1n) is 8.13. The number of guanidine groups is 1. The molecule has 1 aliphatic rings. The molecule has 6 heteroatoms. The number of benzene rings is 1. The number of rotatable bonds is 6. The molecule has 2 rings (SSSR count). The SMILES string of the molecule is CN=C(NCC1CN(C)CCO1)NCC(C)Sc1ccccc1. The number of likely N-dealkylation sites (N-methyl/N-ethyl adjacent to an activating group) is 1. The summed E-state index contributed by atoms with van der Waals surface area (Å²) < 4.78 is 5.76. The Labute approximate surface area is 143 Å². The summed E-state index contributed by atoms with van der Waals surface area (Å²) in [4.78, 5) is 7.88. The second kappa shape index (κ2) is 9.80. The lowest BCUT2D eigenvalue weighted by atomic mass is 10.3. The molecule has 5 nitrogen and oxygen atoms in total. The summed E-state index contributed by atoms with van der Waals surface area (Å²) in [5.74, 6) is 0.835. The van der Waals surface area contributed by atoms with Gasteiger partial charge in [0.25, 0.3) is 0 Å². The van der Waals surface area contributed by atoms with E-state index < -0.39 is 0 Å². The zero-order chi connectivity index (χ0) is 16.5. The summed E-state index contributed by atoms with van der Waals surface area (Å²) in [6.07, 6.45) is 0.225. The van der Waals surface area contributed by atoms with Crippen molar-refractivity contribution >= 4 is 17.7 Å². The highest BCUT2D eigenvalue weighted by molar-refractivity contribution is 8.00. The van der Waals surface area contributed by atoms with Crippen LogP contribution >= 0.6 is 11.8 Å². The zero-order valence-electron chi connectivity index (χ0n) is 14.3. The number of hydrogen-bond acceptors (Lipinski definition) is 4. The summed E-state index contributed by atoms with van der Waals surface area (Å²) in [5.41, 5.74) is 0. The third kappa shape index (κ3) is 6.81. The van der Waals surface area contributed by atoms with Crippen molar-refractivity contribution in [2.75, 3.05) is 46.9 Å². The molecule has 2 unspecified atom stereocenters. The van der Waals surface area contributed by atoms with Gasteiger partial charge in [-0.15, -0.1) is 11.8 Å². The lowest BCUT2D eigenvalue weighted by Crippen LogP contribution is -2.48. The average molecular weight is 337 g/mol. The van der Waals surface area contributed by atoms with E-state index in [1.54, 1.807) is 7.05 Å². The smallest absolute Gasteiger partial charge is 0.191 e. The third-order valence-corrected chi connectivity index (χ3v) is 4.81. The van der Waals surface area contributed by atoms with Crippen LogP contribution in [-0.4, -0.2) is 69.1 Å². The number of ether oxygens (including phenoxy) is 1. The minimum absolute atomic E-state index is 0.225. The topological polar surface area (TPSA) is 48.9 Å². The quantitative estimate of drug-likeness (QED) is 0.470. The molecule has 0 amide bonds. The molecular weight excluding hydrogens is 308 g/mol. The van der Waals surface area contributed by atoms with Crippen molar-refractivity contribution in [3.63, 3.8) is 0 Å². The van der Waals surface area contributed by atoms with Gasteiger partial charge in [0, 0.05) is 43.4 Å². The van der Waals surface area contributed by atoms with E-state index in [2.05, 4.69) is 58.8 Å². The van der Waals surface area contributed by atoms with Crippen LogP contribution in [0.1, 0.15) is 6.92 Å². The van der Waals surface area contributed by atoms with Crippen molar-refractivity contribution in [3.05, 3.63) is 30.3 Å². The Kier molecular flexibility index (Phi) is 7.71. The predicted octanol–water partition coefficient (Wildman–Crippen LogP) is 1.66. The Morgan fingerprint density at radius 3 is 2.87 bits per heavy atom. The lowest BCUT2D eigenvalue weighted by Gasteiger charge is -2.30. The Balaban J connectivity index is 1.68. The number of nitrogens with one attached hydrogen (secondary N) is 2. The zero-order valence-corrected chi connectivity index (χ0v) is 15.1. The Hall–Kier alpha value is -1.24. The van der Waals surface area contributed by atoms with Gasteiger partial charge in [0.2, 0.25) is 0 Å². The summed E-state index contributed by atoms with van der Waals surface area (Å²) in [5, 5.41) is 7.21. The van der Waals surface area contributed by atoms with Crippen molar-refractivity contribution in [1.82, 2.24) is 15.5 Å². The van der Waals surface area contributed by atoms with Crippen LogP contribution in [0, 0.1) is 0 Å². The van der Waals surface area contributed by atoms with Gasteiger partial charge in [-0.05, 0) is 19.2 Å². The molecule has 128 valence electrons. The van der Waals surface area contributed by atoms with Crippen molar-refractivity contribution < 1.29 is 4.74 Å². The molecule has 0 radical (unpaired) electrons. The van der Waals surface area contributed by atoms with E-state index in [-0.39, 0.29) is 6.10 Å². The van der Waals surface area contributed by atoms with Gasteiger partial charge in [0.1, 0.15) is 0 Å². The standard InChI is InChI=1S/C17H28N4OS/c1-14(23-16-7-5-4-6-8-16)11-19-17(18-2)20-12-15-13-21(3)9-10-22-15/h4-8,14-15H,9-13H2,1-3H3,(H2,18,19,20). The van der Waals surface area contributed by atoms with Gasteiger partial charge in [-0.1, -0.05) is 25.1 Å². The second-order valence-electron chi connectivity index (χ2n) is 5.83. The molecule has 0 aliphatic carbocycles. The summed E-state index contributed by atoms with van der Waals surface area (Å²) in [6, 6.07) is 10.5. The van der Waals surface area contributed by atoms with E-state index in [1.807, 2.05) is 17.8 Å². The fraction of sp³-hybridized carbons (Fsp3) is 0.588. The van der Waals surface area contributed by atoms with Crippen LogP contribution in [-0.2, 0) is 4.74 Å². The highest BCUT2D eigenvalue weighted by atomic mass is 32.2. The van der Waals surface area contributed by atoms with E-state index in [0.29, 0.717) is 5.25 Å². The van der Waals surface area contributed by atoms with Crippen LogP contribution in [0.4, 0.5) is 0 Å². The Morgan fingerprint density at radius 1 is 1.39 bits per heavy atom. The minimum atomic E-state index is 0.225. The molecule has 1 aliphatic heterocycles. The van der Waals surface area contributed by atoms with Crippen LogP contribution in [0.25, 0.3) is 0 Å². The van der Waals surface area contributed by atoms with Crippen LogP contribution in [0.3, 0.4) is 0 Å². The molecule has 1 saturated heterocycles. The molecule has 2 N–H and O–H groups in total. The van der Waals surface area contributed by atoms with Gasteiger partial charge in [-0.3, -0.25) is 4.99 Å². The molecule has 2 atom stereocenters. The molecule has 0 spiro atoms. The van der Waals surface area contributed by atoms with Crippen molar-refractivity contribution in [3.8, 4) is 0 Å². The van der Waals surface area contributed by atoms with Crippen LogP contribution in [0.2, 0.25) is 0 Å². The van der Waals surface area contributed by atoms with Gasteiger partial charge in [0.05, 0.1) is 12.7 Å². The normalized spacial score (nSPS) is 21.0. The van der Waals surface area contributed by atoms with Gasteiger partial charge in [0.15, 0.2) is 5.96 Å². The maximum atomic E-state index is 5.76. The molecule has 0 aromatic heterocycles. The lowest BCUT2D eigenvalue weighted by molar-refractivity contribution is -0.0161. The van der Waals surface area contributed by atoms with Crippen molar-refractivity contribution in [2.24, 2.45) is 4.99 Å². The van der Waals surface area contributed by atoms with E-state index in [0.717, 1.165) is 38.7 Å². The molecule has 1 heterocycles. The highest BCUT2D eigenvalue weighted by Gasteiger charge is 2.17. The van der Waals surface area contributed by atoms with Crippen LogP contribution < -0.4 is 10.6 Å². The number of hydrogen-bond donors (Lipinski definition) is 2. The molecular formula is C17H28N4OS. The summed E-state index contributed by atoms with van der Waals surface area (Å²) in [6.45, 7) is 6.65. The Morgan fingerprint density at radius 2 is 2.17 bits per heavy atom. The minimum Gasteiger partial charge on any atom is -0.374 e. The number of morpholine rings is 1. The highest BCUT2D eigenvalue weighted by Crippen LogP contribution is 2.21. The number of aliphatic imine (C=N–C) groups is 1. The monoisotopic (exact) mass is 336 g/mol. The number of thioether (sulfide) groups is 1. The molecule has 1 aromatic carbocycles. The first-order chi connectivity index (χ1) is 11.2. The fourth-order valence-electron chi connectivity index (χ4n) is 2.43. The van der Waals surface area contributed by atoms with Crippen molar-refractivity contribution in [2.45, 2.75) is 23.2 Å². The molecule has 1 fully saturated rings. The third-order valence-electron chi connectivity index (χ3n) is 3.70. The average Bonchev–Trinajstić information content (AvgIpc) is 2.56. The van der Waals surface area contributed by atoms with E-state index in [9.17, 15) is 0 Å². The van der Waals surface area contributed by atoms with Gasteiger partial charge >= 0.3 is 0 Å². The summed E-state index contributed by atoms with van der Waals surface area (Å²) in [7, 11) is 3.93. The molecule has 0 bridgehead atoms. The predicted molar refractivity (Wildman–Crippen MR) is 98.4 cm³/mol. The second-order valence-corrected chi connectivity index (χ2v) is 7.34. The van der Waals surface area contributed by atoms with E-state index in [4.69, 9.17) is 4.74 Å². The van der Waals surface area contributed by atoms with Gasteiger partial charge < -0.3 is 20.3 Å². The first-order valence-corrected chi connectivity index (χ1v) is 9.01. The first kappa shape index (κ1) is 18.1. The molecule has 0 saturated carbocycles. The van der Waals surface area contributed by atoms with E-state index in [1.165, 1.54) is 4.90 Å². The van der Waals surface area contributed by atoms with E-state index >= 15 is 0 Å². The largest absolute Gasteiger partial charge is 0.374 e. The van der Waals surface area contributed by atoms with Gasteiger partial charge in [-0.2, -0.15) is 0 Å². The number of nitrogens with zero attached hydrogens (tertiary/aromatic N) is 2. The Bertz CT molecular complexity index is 483. The molecule has 23 heavy (non-hydrogen) atoms. The maximum absolute atomic E-state index is 5.76. The van der Waals surface area contributed by atoms with Crippen LogP contribution in [0.5, 0.6) is 0 Å². The summed E-state index contributed by atoms with van der Waals surface area (Å²) >= 11 is 1.87. The fourth-order valence-corrected chi connectivity index (χ4v) is 3.38. The molecule has 1 aromatic rings. The van der Waals surface area contributed by atoms with Crippen LogP contribution in [0.15, 0.2) is 40.2 Å². The van der Waals surface area contributed by atoms with Gasteiger partial charge in [-0.25, -0.2) is 0 Å². The van der Waals surface area contributed by atoms with Crippen molar-refractivity contribution in [1.29, 1.82) is 0 Å².